The maximum absolute atomic E-state index is 9.80. The lowest BCUT2D eigenvalue weighted by atomic mass is 9.86. The SMILES string of the molecule is Cn1nnc(C(O)C(C)(C)CN)n1. The highest BCUT2D eigenvalue weighted by molar-refractivity contribution is 4.93. The van der Waals surface area contributed by atoms with Crippen LogP contribution in [-0.2, 0) is 7.05 Å². The minimum absolute atomic E-state index is 0.318. The Balaban J connectivity index is 2.84. The van der Waals surface area contributed by atoms with Gasteiger partial charge in [0.05, 0.1) is 7.05 Å². The predicted molar refractivity (Wildman–Crippen MR) is 46.6 cm³/mol. The molecule has 13 heavy (non-hydrogen) atoms. The molecule has 1 aromatic rings. The monoisotopic (exact) mass is 185 g/mol. The van der Waals surface area contributed by atoms with Crippen LogP contribution in [0, 0.1) is 5.41 Å². The molecule has 0 aliphatic carbocycles. The lowest BCUT2D eigenvalue weighted by molar-refractivity contribution is 0.0477. The number of rotatable bonds is 3. The summed E-state index contributed by atoms with van der Waals surface area (Å²) in [5.74, 6) is 0.318. The quantitative estimate of drug-likeness (QED) is 0.645. The fourth-order valence-corrected chi connectivity index (χ4v) is 0.869. The lowest BCUT2D eigenvalue weighted by Gasteiger charge is -2.26. The zero-order valence-corrected chi connectivity index (χ0v) is 8.10. The van der Waals surface area contributed by atoms with Crippen molar-refractivity contribution in [1.82, 2.24) is 20.2 Å². The van der Waals surface area contributed by atoms with Crippen LogP contribution in [0.5, 0.6) is 0 Å². The van der Waals surface area contributed by atoms with Crippen LogP contribution in [0.1, 0.15) is 25.8 Å². The van der Waals surface area contributed by atoms with Crippen molar-refractivity contribution >= 4 is 0 Å². The second-order valence-corrected chi connectivity index (χ2v) is 3.73. The summed E-state index contributed by atoms with van der Waals surface area (Å²) in [4.78, 5) is 1.31. The topological polar surface area (TPSA) is 89.8 Å². The minimum atomic E-state index is -0.772. The van der Waals surface area contributed by atoms with E-state index in [0.717, 1.165) is 0 Å². The molecule has 0 bridgehead atoms. The van der Waals surface area contributed by atoms with Gasteiger partial charge in [0.2, 0.25) is 5.82 Å². The number of aromatic nitrogens is 4. The molecule has 1 unspecified atom stereocenters. The molecule has 3 N–H and O–H groups in total. The summed E-state index contributed by atoms with van der Waals surface area (Å²) in [6.45, 7) is 4.08. The first-order valence-corrected chi connectivity index (χ1v) is 4.09. The van der Waals surface area contributed by atoms with Crippen molar-refractivity contribution in [1.29, 1.82) is 0 Å². The van der Waals surface area contributed by atoms with Crippen molar-refractivity contribution < 1.29 is 5.11 Å². The maximum Gasteiger partial charge on any atom is 0.203 e. The van der Waals surface area contributed by atoms with Gasteiger partial charge in [0, 0.05) is 12.0 Å². The Morgan fingerprint density at radius 3 is 2.62 bits per heavy atom. The van der Waals surface area contributed by atoms with Crippen LogP contribution >= 0.6 is 0 Å². The average Bonchev–Trinajstić information content (AvgIpc) is 2.50. The Morgan fingerprint density at radius 1 is 1.62 bits per heavy atom. The second kappa shape index (κ2) is 3.39. The van der Waals surface area contributed by atoms with Crippen molar-refractivity contribution in [2.75, 3.05) is 6.54 Å². The van der Waals surface area contributed by atoms with Gasteiger partial charge < -0.3 is 10.8 Å². The van der Waals surface area contributed by atoms with Gasteiger partial charge in [-0.25, -0.2) is 0 Å². The molecule has 1 heterocycles. The number of aryl methyl sites for hydroxylation is 1. The minimum Gasteiger partial charge on any atom is -0.384 e. The largest absolute Gasteiger partial charge is 0.384 e. The van der Waals surface area contributed by atoms with E-state index < -0.39 is 11.5 Å². The van der Waals surface area contributed by atoms with Gasteiger partial charge in [-0.05, 0) is 5.21 Å². The average molecular weight is 185 g/mol. The highest BCUT2D eigenvalue weighted by atomic mass is 16.3. The summed E-state index contributed by atoms with van der Waals surface area (Å²) < 4.78 is 0. The molecule has 1 rings (SSSR count). The molecule has 0 saturated carbocycles. The van der Waals surface area contributed by atoms with Crippen LogP contribution < -0.4 is 5.73 Å². The second-order valence-electron chi connectivity index (χ2n) is 3.73. The van der Waals surface area contributed by atoms with Crippen LogP contribution in [0.15, 0.2) is 0 Å². The summed E-state index contributed by atoms with van der Waals surface area (Å²) in [5.41, 5.74) is 5.08. The van der Waals surface area contributed by atoms with E-state index in [9.17, 15) is 5.11 Å². The fraction of sp³-hybridized carbons (Fsp3) is 0.857. The Kier molecular flexibility index (Phi) is 2.63. The summed E-state index contributed by atoms with van der Waals surface area (Å²) >= 11 is 0. The Hall–Kier alpha value is -1.01. The van der Waals surface area contributed by atoms with Gasteiger partial charge in [-0.2, -0.15) is 4.80 Å². The fourth-order valence-electron chi connectivity index (χ4n) is 0.869. The van der Waals surface area contributed by atoms with E-state index >= 15 is 0 Å². The van der Waals surface area contributed by atoms with Crippen molar-refractivity contribution in [2.24, 2.45) is 18.2 Å². The Bertz CT molecular complexity index is 282. The van der Waals surface area contributed by atoms with Gasteiger partial charge in [0.1, 0.15) is 6.10 Å². The first-order valence-electron chi connectivity index (χ1n) is 4.09. The van der Waals surface area contributed by atoms with Crippen LogP contribution in [0.2, 0.25) is 0 Å². The molecule has 1 aromatic heterocycles. The van der Waals surface area contributed by atoms with Gasteiger partial charge in [0.15, 0.2) is 0 Å². The number of tetrazole rings is 1. The summed E-state index contributed by atoms with van der Waals surface area (Å²) in [6.07, 6.45) is -0.772. The van der Waals surface area contributed by atoms with E-state index in [1.165, 1.54) is 4.80 Å². The van der Waals surface area contributed by atoms with E-state index in [-0.39, 0.29) is 0 Å². The van der Waals surface area contributed by atoms with Gasteiger partial charge in [-0.1, -0.05) is 13.8 Å². The normalized spacial score (nSPS) is 14.5. The number of hydrogen-bond donors (Lipinski definition) is 2. The highest BCUT2D eigenvalue weighted by Gasteiger charge is 2.30. The number of aliphatic hydroxyl groups is 1. The third-order valence-electron chi connectivity index (χ3n) is 2.03. The van der Waals surface area contributed by atoms with Crippen LogP contribution in [0.25, 0.3) is 0 Å². The molecular weight excluding hydrogens is 170 g/mol. The standard InChI is InChI=1S/C7H15N5O/c1-7(2,4-8)5(13)6-9-11-12(3)10-6/h5,13H,4,8H2,1-3H3. The van der Waals surface area contributed by atoms with E-state index in [1.807, 2.05) is 13.8 Å². The lowest BCUT2D eigenvalue weighted by Crippen LogP contribution is -2.31. The number of aliphatic hydroxyl groups excluding tert-OH is 1. The first kappa shape index (κ1) is 10.1. The summed E-state index contributed by atoms with van der Waals surface area (Å²) in [7, 11) is 1.65. The van der Waals surface area contributed by atoms with Crippen LogP contribution in [0.3, 0.4) is 0 Å². The van der Waals surface area contributed by atoms with Crippen molar-refractivity contribution in [3.8, 4) is 0 Å². The van der Waals surface area contributed by atoms with Crippen molar-refractivity contribution in [3.63, 3.8) is 0 Å². The van der Waals surface area contributed by atoms with Crippen molar-refractivity contribution in [3.05, 3.63) is 5.82 Å². The van der Waals surface area contributed by atoms with Gasteiger partial charge in [-0.15, -0.1) is 10.2 Å². The maximum atomic E-state index is 9.80. The third kappa shape index (κ3) is 2.02. The Morgan fingerprint density at radius 2 is 2.23 bits per heavy atom. The Labute approximate surface area is 76.7 Å². The molecule has 74 valence electrons. The zero-order valence-electron chi connectivity index (χ0n) is 8.10. The smallest absolute Gasteiger partial charge is 0.203 e. The van der Waals surface area contributed by atoms with E-state index in [1.54, 1.807) is 7.05 Å². The van der Waals surface area contributed by atoms with Gasteiger partial charge in [0.25, 0.3) is 0 Å². The molecule has 0 amide bonds. The van der Waals surface area contributed by atoms with Gasteiger partial charge in [-0.3, -0.25) is 0 Å². The van der Waals surface area contributed by atoms with E-state index in [2.05, 4.69) is 15.4 Å². The summed E-state index contributed by atoms with van der Waals surface area (Å²) in [6, 6.07) is 0. The highest BCUT2D eigenvalue weighted by Crippen LogP contribution is 2.29. The first-order chi connectivity index (χ1) is 5.97. The number of nitrogens with two attached hydrogens (primary N) is 1. The molecule has 0 spiro atoms. The van der Waals surface area contributed by atoms with Crippen LogP contribution in [0.4, 0.5) is 0 Å². The third-order valence-corrected chi connectivity index (χ3v) is 2.03. The molecule has 0 saturated heterocycles. The van der Waals surface area contributed by atoms with E-state index in [4.69, 9.17) is 5.73 Å². The molecular formula is C7H15N5O. The molecule has 0 aliphatic rings. The number of nitrogens with zero attached hydrogens (tertiary/aromatic N) is 4. The van der Waals surface area contributed by atoms with E-state index in [0.29, 0.717) is 12.4 Å². The molecule has 6 heteroatoms. The zero-order chi connectivity index (χ0) is 10.1. The molecule has 0 aromatic carbocycles. The number of hydrogen-bond acceptors (Lipinski definition) is 5. The molecule has 0 radical (unpaired) electrons. The molecule has 6 nitrogen and oxygen atoms in total. The molecule has 0 fully saturated rings. The van der Waals surface area contributed by atoms with Crippen molar-refractivity contribution in [2.45, 2.75) is 20.0 Å². The van der Waals surface area contributed by atoms with Crippen LogP contribution in [-0.4, -0.2) is 31.9 Å². The molecule has 0 aliphatic heterocycles. The molecule has 1 atom stereocenters. The summed E-state index contributed by atoms with van der Waals surface area (Å²) in [5, 5.41) is 21.1. The predicted octanol–water partition coefficient (Wildman–Crippen LogP) is -0.772. The van der Waals surface area contributed by atoms with Gasteiger partial charge >= 0.3 is 0 Å².